The highest BCUT2D eigenvalue weighted by Crippen LogP contribution is 2.32. The van der Waals surface area contributed by atoms with E-state index in [9.17, 15) is 22.4 Å². The van der Waals surface area contributed by atoms with Crippen LogP contribution in [0.2, 0.25) is 0 Å². The number of Topliss-reactive ketones (excluding diaryl/α,β-unsaturated/α-hetero) is 1. The number of nitrogens with two attached hydrogens (primary N) is 1. The number of ether oxygens (including phenoxy) is 1. The fraction of sp³-hybridized carbons (Fsp3) is 0.300. The fourth-order valence-corrected chi connectivity index (χ4v) is 1.35. The summed E-state index contributed by atoms with van der Waals surface area (Å²) in [6.07, 6.45) is -2.89. The third-order valence-corrected chi connectivity index (χ3v) is 1.98. The Bertz CT molecular complexity index is 435. The Morgan fingerprint density at radius 1 is 1.29 bits per heavy atom. The number of alkyl halides is 4. The predicted molar refractivity (Wildman–Crippen MR) is 52.4 cm³/mol. The molecule has 17 heavy (non-hydrogen) atoms. The topological polar surface area (TPSA) is 52.3 Å². The Hall–Kier alpha value is -1.79. The molecule has 2 N–H and O–H groups in total. The first kappa shape index (κ1) is 13.3. The van der Waals surface area contributed by atoms with Gasteiger partial charge in [-0.25, -0.2) is 8.78 Å². The van der Waals surface area contributed by atoms with Crippen molar-refractivity contribution >= 4 is 11.5 Å². The highest BCUT2D eigenvalue weighted by atomic mass is 19.3. The maximum atomic E-state index is 12.4. The molecule has 94 valence electrons. The van der Waals surface area contributed by atoms with Crippen molar-refractivity contribution in [1.29, 1.82) is 0 Å². The van der Waals surface area contributed by atoms with Crippen LogP contribution in [0.25, 0.3) is 0 Å². The summed E-state index contributed by atoms with van der Waals surface area (Å²) in [5, 5.41) is 0. The Morgan fingerprint density at radius 3 is 2.29 bits per heavy atom. The fourth-order valence-electron chi connectivity index (χ4n) is 1.35. The van der Waals surface area contributed by atoms with Gasteiger partial charge in [0.2, 0.25) is 0 Å². The van der Waals surface area contributed by atoms with Gasteiger partial charge >= 0.3 is 6.61 Å². The molecule has 0 heterocycles. The summed E-state index contributed by atoms with van der Waals surface area (Å²) >= 11 is 0. The molecule has 0 aromatic heterocycles. The van der Waals surface area contributed by atoms with E-state index in [1.807, 2.05) is 0 Å². The maximum absolute atomic E-state index is 12.4. The van der Waals surface area contributed by atoms with Crippen molar-refractivity contribution in [3.63, 3.8) is 0 Å². The van der Waals surface area contributed by atoms with Crippen molar-refractivity contribution in [3.05, 3.63) is 23.3 Å². The van der Waals surface area contributed by atoms with Crippen molar-refractivity contribution in [2.45, 2.75) is 20.0 Å². The van der Waals surface area contributed by atoms with Crippen molar-refractivity contribution in [3.8, 4) is 5.75 Å². The third kappa shape index (κ3) is 3.08. The summed E-state index contributed by atoms with van der Waals surface area (Å²) in [4.78, 5) is 11.2. The highest BCUT2D eigenvalue weighted by molar-refractivity contribution is 6.02. The molecule has 1 aromatic carbocycles. The molecule has 0 radical (unpaired) electrons. The van der Waals surface area contributed by atoms with Gasteiger partial charge in [0.25, 0.3) is 6.43 Å². The number of carbonyl (C=O) groups is 1. The molecule has 0 saturated carbocycles. The summed E-state index contributed by atoms with van der Waals surface area (Å²) in [5.74, 6) is -1.28. The van der Waals surface area contributed by atoms with Gasteiger partial charge in [0.15, 0.2) is 5.78 Å². The molecular weight excluding hydrogens is 242 g/mol. The molecule has 0 aliphatic rings. The average Bonchev–Trinajstić information content (AvgIpc) is 2.14. The van der Waals surface area contributed by atoms with E-state index in [1.54, 1.807) is 0 Å². The SMILES string of the molecule is CC(=O)c1c(N)cc(C(F)F)cc1OC(F)F. The molecule has 1 rings (SSSR count). The Morgan fingerprint density at radius 2 is 1.88 bits per heavy atom. The van der Waals surface area contributed by atoms with Gasteiger partial charge in [0.05, 0.1) is 5.56 Å². The van der Waals surface area contributed by atoms with Gasteiger partial charge in [0, 0.05) is 11.3 Å². The molecule has 0 atom stereocenters. The smallest absolute Gasteiger partial charge is 0.387 e. The van der Waals surface area contributed by atoms with E-state index in [-0.39, 0.29) is 11.3 Å². The van der Waals surface area contributed by atoms with E-state index in [1.165, 1.54) is 0 Å². The van der Waals surface area contributed by atoms with E-state index in [0.717, 1.165) is 13.0 Å². The summed E-state index contributed by atoms with van der Waals surface area (Å²) in [7, 11) is 0. The van der Waals surface area contributed by atoms with Crippen LogP contribution in [0.1, 0.15) is 29.3 Å². The number of halogens is 4. The van der Waals surface area contributed by atoms with Crippen LogP contribution in [0.5, 0.6) is 5.75 Å². The molecule has 0 bridgehead atoms. The summed E-state index contributed by atoms with van der Waals surface area (Å²) in [5.41, 5.74) is 4.14. The zero-order chi connectivity index (χ0) is 13.2. The second-order valence-electron chi connectivity index (χ2n) is 3.22. The van der Waals surface area contributed by atoms with Crippen LogP contribution in [0, 0.1) is 0 Å². The number of carbonyl (C=O) groups excluding carboxylic acids is 1. The average molecular weight is 251 g/mol. The van der Waals surface area contributed by atoms with E-state index < -0.39 is 30.1 Å². The number of rotatable bonds is 4. The molecule has 0 saturated heterocycles. The molecule has 1 aromatic rings. The van der Waals surface area contributed by atoms with Gasteiger partial charge in [0.1, 0.15) is 5.75 Å². The second kappa shape index (κ2) is 5.03. The lowest BCUT2D eigenvalue weighted by Crippen LogP contribution is -2.10. The lowest BCUT2D eigenvalue weighted by Gasteiger charge is -2.13. The summed E-state index contributed by atoms with van der Waals surface area (Å²) in [6, 6.07) is 1.55. The van der Waals surface area contributed by atoms with Crippen LogP contribution >= 0.6 is 0 Å². The number of hydrogen-bond acceptors (Lipinski definition) is 3. The maximum Gasteiger partial charge on any atom is 0.387 e. The largest absolute Gasteiger partial charge is 0.434 e. The van der Waals surface area contributed by atoms with E-state index in [4.69, 9.17) is 5.73 Å². The zero-order valence-corrected chi connectivity index (χ0v) is 8.72. The summed E-state index contributed by atoms with van der Waals surface area (Å²) < 4.78 is 53.0. The van der Waals surface area contributed by atoms with Gasteiger partial charge in [-0.2, -0.15) is 8.78 Å². The van der Waals surface area contributed by atoms with Crippen LogP contribution in [0.15, 0.2) is 12.1 Å². The number of ketones is 1. The van der Waals surface area contributed by atoms with Gasteiger partial charge < -0.3 is 10.5 Å². The first-order valence-corrected chi connectivity index (χ1v) is 4.50. The Labute approximate surface area is 94.2 Å². The minimum Gasteiger partial charge on any atom is -0.434 e. The molecule has 0 aliphatic heterocycles. The van der Waals surface area contributed by atoms with Crippen molar-refractivity contribution in [2.75, 3.05) is 5.73 Å². The third-order valence-electron chi connectivity index (χ3n) is 1.98. The molecular formula is C10H9F4NO2. The second-order valence-corrected chi connectivity index (χ2v) is 3.22. The summed E-state index contributed by atoms with van der Waals surface area (Å²) in [6.45, 7) is -2.15. The van der Waals surface area contributed by atoms with Crippen LogP contribution in [-0.4, -0.2) is 12.4 Å². The van der Waals surface area contributed by atoms with E-state index in [0.29, 0.717) is 6.07 Å². The lowest BCUT2D eigenvalue weighted by atomic mass is 10.0. The van der Waals surface area contributed by atoms with Crippen LogP contribution in [0.4, 0.5) is 23.2 Å². The van der Waals surface area contributed by atoms with Crippen LogP contribution < -0.4 is 10.5 Å². The van der Waals surface area contributed by atoms with Gasteiger partial charge in [-0.05, 0) is 19.1 Å². The minimum absolute atomic E-state index is 0.314. The molecule has 0 fully saturated rings. The monoisotopic (exact) mass is 251 g/mol. The lowest BCUT2D eigenvalue weighted by molar-refractivity contribution is -0.0502. The molecule has 0 unspecified atom stereocenters. The van der Waals surface area contributed by atoms with Crippen LogP contribution in [0.3, 0.4) is 0 Å². The van der Waals surface area contributed by atoms with Crippen molar-refractivity contribution in [2.24, 2.45) is 0 Å². The number of benzene rings is 1. The highest BCUT2D eigenvalue weighted by Gasteiger charge is 2.20. The number of anilines is 1. The van der Waals surface area contributed by atoms with E-state index >= 15 is 0 Å². The zero-order valence-electron chi connectivity index (χ0n) is 8.72. The molecule has 0 aliphatic carbocycles. The van der Waals surface area contributed by atoms with Gasteiger partial charge in [-0.15, -0.1) is 0 Å². The van der Waals surface area contributed by atoms with Crippen molar-refractivity contribution < 1.29 is 27.1 Å². The molecule has 0 spiro atoms. The first-order valence-electron chi connectivity index (χ1n) is 4.50. The number of nitrogen functional groups attached to an aromatic ring is 1. The molecule has 3 nitrogen and oxygen atoms in total. The van der Waals surface area contributed by atoms with Gasteiger partial charge in [-0.1, -0.05) is 0 Å². The van der Waals surface area contributed by atoms with Gasteiger partial charge in [-0.3, -0.25) is 4.79 Å². The van der Waals surface area contributed by atoms with E-state index in [2.05, 4.69) is 4.74 Å². The quantitative estimate of drug-likeness (QED) is 0.508. The Kier molecular flexibility index (Phi) is 3.93. The normalized spacial score (nSPS) is 11.0. The Balaban J connectivity index is 3.34. The minimum atomic E-state index is -3.22. The van der Waals surface area contributed by atoms with Crippen LogP contribution in [-0.2, 0) is 0 Å². The number of hydrogen-bond donors (Lipinski definition) is 1. The molecule has 7 heteroatoms. The van der Waals surface area contributed by atoms with Crippen molar-refractivity contribution in [1.82, 2.24) is 0 Å². The standard InChI is InChI=1S/C10H9F4NO2/c1-4(16)8-6(15)2-5(9(11)12)3-7(8)17-10(13)14/h2-3,9-10H,15H2,1H3. The first-order chi connectivity index (χ1) is 7.82. The molecule has 0 amide bonds. The predicted octanol–water partition coefficient (Wildman–Crippen LogP) is 3.01.